The van der Waals surface area contributed by atoms with Crippen LogP contribution in [0.15, 0.2) is 83.7 Å². The van der Waals surface area contributed by atoms with Crippen LogP contribution in [0.4, 0.5) is 5.69 Å². The van der Waals surface area contributed by atoms with Crippen molar-refractivity contribution in [3.05, 3.63) is 116 Å². The number of para-hydroxylation sites is 1. The number of nitrogens with one attached hydrogen (secondary N) is 1. The molecule has 194 valence electrons. The molecule has 0 aliphatic carbocycles. The highest BCUT2D eigenvalue weighted by Gasteiger charge is 2.27. The summed E-state index contributed by atoms with van der Waals surface area (Å²) in [5, 5.41) is 14.3. The number of rotatable bonds is 10. The van der Waals surface area contributed by atoms with Gasteiger partial charge in [0, 0.05) is 29.8 Å². The molecule has 0 saturated heterocycles. The van der Waals surface area contributed by atoms with Gasteiger partial charge in [0.05, 0.1) is 22.8 Å². The SMILES string of the molecule is CCCN(CC(=O)c1c(-c2ccccc2)[nH]n(-c2ccccc2CC)c1=O)C(=O)c1cccc([N+](=O)[O-])c1. The van der Waals surface area contributed by atoms with Crippen LogP contribution < -0.4 is 5.56 Å². The van der Waals surface area contributed by atoms with Crippen LogP contribution in [0.3, 0.4) is 0 Å². The second-order valence-corrected chi connectivity index (χ2v) is 8.81. The minimum atomic E-state index is -0.575. The number of nitrogens with zero attached hydrogens (tertiary/aromatic N) is 3. The van der Waals surface area contributed by atoms with Gasteiger partial charge in [-0.2, -0.15) is 0 Å². The molecular weight excluding hydrogens is 484 g/mol. The van der Waals surface area contributed by atoms with E-state index in [4.69, 9.17) is 0 Å². The number of nitro benzene ring substituents is 1. The molecule has 9 heteroatoms. The Bertz CT molecular complexity index is 1540. The van der Waals surface area contributed by atoms with Crippen molar-refractivity contribution in [2.45, 2.75) is 26.7 Å². The molecule has 3 aromatic carbocycles. The highest BCUT2D eigenvalue weighted by Crippen LogP contribution is 2.23. The number of hydrogen-bond donors (Lipinski definition) is 1. The van der Waals surface area contributed by atoms with E-state index in [-0.39, 0.29) is 29.9 Å². The largest absolute Gasteiger partial charge is 0.331 e. The van der Waals surface area contributed by atoms with Crippen molar-refractivity contribution in [3.63, 3.8) is 0 Å². The van der Waals surface area contributed by atoms with Crippen LogP contribution in [0.5, 0.6) is 0 Å². The Labute approximate surface area is 219 Å². The number of benzene rings is 3. The van der Waals surface area contributed by atoms with E-state index in [1.807, 2.05) is 56.3 Å². The summed E-state index contributed by atoms with van der Waals surface area (Å²) in [6.07, 6.45) is 1.24. The lowest BCUT2D eigenvalue weighted by Crippen LogP contribution is -2.37. The first-order valence-electron chi connectivity index (χ1n) is 12.4. The fourth-order valence-corrected chi connectivity index (χ4v) is 4.42. The van der Waals surface area contributed by atoms with E-state index in [1.165, 1.54) is 33.8 Å². The maximum Gasteiger partial charge on any atom is 0.282 e. The summed E-state index contributed by atoms with van der Waals surface area (Å²) in [6, 6.07) is 21.9. The number of hydrogen-bond acceptors (Lipinski definition) is 5. The summed E-state index contributed by atoms with van der Waals surface area (Å²) in [4.78, 5) is 52.7. The molecule has 4 rings (SSSR count). The molecule has 1 N–H and O–H groups in total. The van der Waals surface area contributed by atoms with Crippen LogP contribution in [0.25, 0.3) is 16.9 Å². The molecule has 0 radical (unpaired) electrons. The number of Topliss-reactive ketones (excluding diaryl/α,β-unsaturated/α-hetero) is 1. The number of non-ortho nitro benzene ring substituents is 1. The number of ketones is 1. The molecule has 4 aromatic rings. The van der Waals surface area contributed by atoms with E-state index in [1.54, 1.807) is 12.1 Å². The van der Waals surface area contributed by atoms with Gasteiger partial charge in [-0.1, -0.05) is 68.4 Å². The van der Waals surface area contributed by atoms with Crippen LogP contribution in [0.1, 0.15) is 46.5 Å². The molecule has 0 aliphatic rings. The molecule has 0 bridgehead atoms. The standard InChI is InChI=1S/C29H28N4O5/c1-3-17-31(28(35)22-14-10-15-23(18-22)33(37)38)19-25(34)26-27(21-12-6-5-7-13-21)30-32(29(26)36)24-16-9-8-11-20(24)4-2/h5-16,18,30H,3-4,17,19H2,1-2H3. The van der Waals surface area contributed by atoms with Crippen molar-refractivity contribution in [2.75, 3.05) is 13.1 Å². The van der Waals surface area contributed by atoms with Gasteiger partial charge in [0.1, 0.15) is 5.56 Å². The average molecular weight is 513 g/mol. The zero-order valence-corrected chi connectivity index (χ0v) is 21.2. The van der Waals surface area contributed by atoms with E-state index in [0.29, 0.717) is 29.8 Å². The predicted octanol–water partition coefficient (Wildman–Crippen LogP) is 5.04. The van der Waals surface area contributed by atoms with Crippen molar-refractivity contribution in [2.24, 2.45) is 0 Å². The highest BCUT2D eigenvalue weighted by atomic mass is 16.6. The lowest BCUT2D eigenvalue weighted by Gasteiger charge is -2.21. The molecular formula is C29H28N4O5. The van der Waals surface area contributed by atoms with Crippen molar-refractivity contribution < 1.29 is 14.5 Å². The number of H-pyrrole nitrogens is 1. The van der Waals surface area contributed by atoms with Crippen LogP contribution in [-0.4, -0.2) is 44.4 Å². The fraction of sp³-hybridized carbons (Fsp3) is 0.207. The predicted molar refractivity (Wildman–Crippen MR) is 145 cm³/mol. The van der Waals surface area contributed by atoms with Crippen LogP contribution in [-0.2, 0) is 6.42 Å². The third-order valence-electron chi connectivity index (χ3n) is 6.26. The van der Waals surface area contributed by atoms with Gasteiger partial charge in [-0.3, -0.25) is 29.6 Å². The first-order valence-corrected chi connectivity index (χ1v) is 12.4. The van der Waals surface area contributed by atoms with E-state index < -0.39 is 22.2 Å². The van der Waals surface area contributed by atoms with Crippen molar-refractivity contribution in [3.8, 4) is 16.9 Å². The Balaban J connectivity index is 1.77. The first kappa shape index (κ1) is 26.3. The van der Waals surface area contributed by atoms with Gasteiger partial charge in [0.15, 0.2) is 5.78 Å². The normalized spacial score (nSPS) is 10.8. The highest BCUT2D eigenvalue weighted by molar-refractivity contribution is 6.05. The summed E-state index contributed by atoms with van der Waals surface area (Å²) in [7, 11) is 0. The molecule has 0 saturated carbocycles. The Kier molecular flexibility index (Phi) is 7.96. The van der Waals surface area contributed by atoms with E-state index >= 15 is 0 Å². The molecule has 1 aromatic heterocycles. The van der Waals surface area contributed by atoms with E-state index in [0.717, 1.165) is 5.56 Å². The Hall–Kier alpha value is -4.79. The van der Waals surface area contributed by atoms with Crippen LogP contribution >= 0.6 is 0 Å². The smallest absolute Gasteiger partial charge is 0.282 e. The number of carbonyl (C=O) groups is 2. The summed E-state index contributed by atoms with van der Waals surface area (Å²) >= 11 is 0. The topological polar surface area (TPSA) is 118 Å². The monoisotopic (exact) mass is 512 g/mol. The Morgan fingerprint density at radius 3 is 2.37 bits per heavy atom. The molecule has 0 unspecified atom stereocenters. The number of aromatic nitrogens is 2. The minimum Gasteiger partial charge on any atom is -0.331 e. The second-order valence-electron chi connectivity index (χ2n) is 8.81. The fourth-order valence-electron chi connectivity index (χ4n) is 4.42. The zero-order valence-electron chi connectivity index (χ0n) is 21.2. The number of aryl methyl sites for hydroxylation is 1. The maximum atomic E-state index is 13.7. The molecule has 9 nitrogen and oxygen atoms in total. The van der Waals surface area contributed by atoms with Gasteiger partial charge in [-0.05, 0) is 30.5 Å². The van der Waals surface area contributed by atoms with Gasteiger partial charge in [-0.25, -0.2) is 4.68 Å². The summed E-state index contributed by atoms with van der Waals surface area (Å²) in [5.74, 6) is -1.04. The molecule has 0 fully saturated rings. The molecule has 0 spiro atoms. The molecule has 0 aliphatic heterocycles. The van der Waals surface area contributed by atoms with Crippen LogP contribution in [0, 0.1) is 10.1 Å². The number of amides is 1. The molecule has 38 heavy (non-hydrogen) atoms. The lowest BCUT2D eigenvalue weighted by atomic mass is 10.0. The summed E-state index contributed by atoms with van der Waals surface area (Å²) in [5.41, 5.74) is 1.94. The number of carbonyl (C=O) groups excluding carboxylic acids is 2. The third-order valence-corrected chi connectivity index (χ3v) is 6.26. The number of nitro groups is 1. The van der Waals surface area contributed by atoms with Gasteiger partial charge in [0.25, 0.3) is 17.2 Å². The zero-order chi connectivity index (χ0) is 27.2. The van der Waals surface area contributed by atoms with Crippen molar-refractivity contribution >= 4 is 17.4 Å². The summed E-state index contributed by atoms with van der Waals surface area (Å²) < 4.78 is 1.38. The lowest BCUT2D eigenvalue weighted by molar-refractivity contribution is -0.384. The van der Waals surface area contributed by atoms with Crippen molar-refractivity contribution in [1.29, 1.82) is 0 Å². The van der Waals surface area contributed by atoms with Gasteiger partial charge in [0.2, 0.25) is 0 Å². The number of aromatic amines is 1. The van der Waals surface area contributed by atoms with Gasteiger partial charge in [-0.15, -0.1) is 0 Å². The minimum absolute atomic E-state index is 0.0462. The summed E-state index contributed by atoms with van der Waals surface area (Å²) in [6.45, 7) is 3.74. The third kappa shape index (κ3) is 5.31. The quantitative estimate of drug-likeness (QED) is 0.181. The van der Waals surface area contributed by atoms with E-state index in [9.17, 15) is 24.5 Å². The Morgan fingerprint density at radius 2 is 1.68 bits per heavy atom. The average Bonchev–Trinajstić information content (AvgIpc) is 3.29. The second kappa shape index (κ2) is 11.5. The Morgan fingerprint density at radius 1 is 0.974 bits per heavy atom. The van der Waals surface area contributed by atoms with Crippen LogP contribution in [0.2, 0.25) is 0 Å². The van der Waals surface area contributed by atoms with Gasteiger partial charge < -0.3 is 4.90 Å². The molecule has 0 atom stereocenters. The van der Waals surface area contributed by atoms with Gasteiger partial charge >= 0.3 is 0 Å². The van der Waals surface area contributed by atoms with E-state index in [2.05, 4.69) is 5.10 Å². The van der Waals surface area contributed by atoms with Crippen molar-refractivity contribution in [1.82, 2.24) is 14.7 Å². The first-order chi connectivity index (χ1) is 18.3. The maximum absolute atomic E-state index is 13.7. The molecule has 1 heterocycles. The molecule has 1 amide bonds.